The van der Waals surface area contributed by atoms with Crippen LogP contribution in [0.15, 0.2) is 108 Å². The lowest BCUT2D eigenvalue weighted by Gasteiger charge is -2.32. The van der Waals surface area contributed by atoms with E-state index in [0.717, 1.165) is 23.9 Å². The van der Waals surface area contributed by atoms with Gasteiger partial charge in [-0.1, -0.05) is 125 Å². The summed E-state index contributed by atoms with van der Waals surface area (Å²) >= 11 is 9.02. The largest absolute Gasteiger partial charge is 0.172 e. The number of nitrogens with zero attached hydrogens (tertiary/aromatic N) is 2. The monoisotopic (exact) mass is 796 g/mol. The maximum absolute atomic E-state index is 4.95. The second kappa shape index (κ2) is 15.8. The smallest absolute Gasteiger partial charge is 0.114 e. The van der Waals surface area contributed by atoms with Crippen LogP contribution in [0.1, 0.15) is 98.6 Å². The zero-order valence-electron chi connectivity index (χ0n) is 30.9. The van der Waals surface area contributed by atoms with Gasteiger partial charge < -0.3 is 0 Å². The van der Waals surface area contributed by atoms with Crippen molar-refractivity contribution in [3.05, 3.63) is 141 Å². The summed E-state index contributed by atoms with van der Waals surface area (Å²) < 4.78 is 9.85. The van der Waals surface area contributed by atoms with E-state index >= 15 is 0 Å². The lowest BCUT2D eigenvalue weighted by atomic mass is 9.68. The Bertz CT molecular complexity index is 2450. The molecule has 0 saturated heterocycles. The highest BCUT2D eigenvalue weighted by Crippen LogP contribution is 2.62. The first-order valence-electron chi connectivity index (χ1n) is 19.5. The van der Waals surface area contributed by atoms with Gasteiger partial charge in [-0.2, -0.15) is 8.75 Å². The summed E-state index contributed by atoms with van der Waals surface area (Å²) in [4.78, 5) is 8.23. The molecular weight excluding hydrogens is 753 g/mol. The van der Waals surface area contributed by atoms with E-state index < -0.39 is 0 Å². The molecule has 8 aromatic rings. The number of aromatic nitrogens is 2. The summed E-state index contributed by atoms with van der Waals surface area (Å²) in [5, 5.41) is 4.64. The fourth-order valence-corrected chi connectivity index (χ4v) is 13.7. The van der Waals surface area contributed by atoms with Crippen molar-refractivity contribution in [2.24, 2.45) is 0 Å². The number of hydrogen-bond donors (Lipinski definition) is 0. The van der Waals surface area contributed by atoms with Crippen molar-refractivity contribution in [1.29, 1.82) is 0 Å². The predicted octanol–water partition coefficient (Wildman–Crippen LogP) is 15.5. The zero-order valence-corrected chi connectivity index (χ0v) is 35.0. The van der Waals surface area contributed by atoms with E-state index in [-0.39, 0.29) is 5.41 Å². The molecule has 54 heavy (non-hydrogen) atoms. The van der Waals surface area contributed by atoms with Gasteiger partial charge in [0.05, 0.1) is 22.0 Å². The first kappa shape index (κ1) is 35.9. The summed E-state index contributed by atoms with van der Waals surface area (Å²) in [7, 11) is 0. The predicted molar refractivity (Wildman–Crippen MR) is 238 cm³/mol. The van der Waals surface area contributed by atoms with E-state index in [0.29, 0.717) is 0 Å². The SMILES string of the molecule is CCCCCCc1csc(-c2ccc(-c3cc(CCCCCC)c(-c4cc5c(s4)-c4sccc4C5(c4ccccc4)c4ccccc4)s3)c3nsnc23)c1. The fourth-order valence-electron chi connectivity index (χ4n) is 8.41. The van der Waals surface area contributed by atoms with Crippen molar-refractivity contribution < 1.29 is 0 Å². The maximum atomic E-state index is 4.95. The van der Waals surface area contributed by atoms with E-state index in [1.54, 1.807) is 0 Å². The number of fused-ring (bicyclic) bond motifs is 4. The Balaban J connectivity index is 1.14. The van der Waals surface area contributed by atoms with Crippen LogP contribution in [-0.2, 0) is 18.3 Å². The van der Waals surface area contributed by atoms with Crippen LogP contribution in [0, 0.1) is 0 Å². The van der Waals surface area contributed by atoms with Gasteiger partial charge in [0.2, 0.25) is 0 Å². The number of hydrogen-bond acceptors (Lipinski definition) is 7. The third kappa shape index (κ3) is 6.36. The molecule has 5 heterocycles. The molecular formula is C47H44N2S5. The highest BCUT2D eigenvalue weighted by Gasteiger charge is 2.48. The van der Waals surface area contributed by atoms with Crippen LogP contribution in [0.5, 0.6) is 0 Å². The van der Waals surface area contributed by atoms with Crippen molar-refractivity contribution in [3.8, 4) is 40.4 Å². The topological polar surface area (TPSA) is 25.8 Å². The molecule has 0 fully saturated rings. The molecule has 0 bridgehead atoms. The zero-order chi connectivity index (χ0) is 36.5. The van der Waals surface area contributed by atoms with Crippen LogP contribution in [-0.4, -0.2) is 8.75 Å². The van der Waals surface area contributed by atoms with Gasteiger partial charge in [0.15, 0.2) is 0 Å². The van der Waals surface area contributed by atoms with Crippen molar-refractivity contribution in [1.82, 2.24) is 8.75 Å². The minimum absolute atomic E-state index is 0.339. The maximum Gasteiger partial charge on any atom is 0.114 e. The molecule has 1 aliphatic rings. The van der Waals surface area contributed by atoms with Gasteiger partial charge >= 0.3 is 0 Å². The Morgan fingerprint density at radius 3 is 1.87 bits per heavy atom. The molecule has 5 aromatic heterocycles. The average Bonchev–Trinajstić information content (AvgIpc) is 4.06. The summed E-state index contributed by atoms with van der Waals surface area (Å²) in [6, 6.07) is 36.8. The van der Waals surface area contributed by atoms with E-state index in [1.165, 1.54) is 137 Å². The lowest BCUT2D eigenvalue weighted by molar-refractivity contribution is 0.667. The van der Waals surface area contributed by atoms with E-state index in [2.05, 4.69) is 122 Å². The minimum atomic E-state index is -0.339. The van der Waals surface area contributed by atoms with E-state index in [9.17, 15) is 0 Å². The Morgan fingerprint density at radius 1 is 0.537 bits per heavy atom. The van der Waals surface area contributed by atoms with Crippen LogP contribution in [0.2, 0.25) is 0 Å². The lowest BCUT2D eigenvalue weighted by Crippen LogP contribution is -2.27. The number of unbranched alkanes of at least 4 members (excludes halogenated alkanes) is 6. The molecule has 0 spiro atoms. The van der Waals surface area contributed by atoms with E-state index in [4.69, 9.17) is 8.75 Å². The molecule has 1 aliphatic carbocycles. The molecule has 2 nitrogen and oxygen atoms in total. The normalized spacial score (nSPS) is 13.1. The van der Waals surface area contributed by atoms with Crippen LogP contribution in [0.25, 0.3) is 51.4 Å². The molecule has 0 amide bonds. The highest BCUT2D eigenvalue weighted by molar-refractivity contribution is 7.27. The van der Waals surface area contributed by atoms with Gasteiger partial charge in [-0.25, -0.2) is 0 Å². The molecule has 9 rings (SSSR count). The number of aryl methyl sites for hydroxylation is 2. The Hall–Kier alpha value is -3.72. The summed E-state index contributed by atoms with van der Waals surface area (Å²) in [6.45, 7) is 4.58. The number of thiophene rings is 4. The molecule has 0 unspecified atom stereocenters. The fraction of sp³-hybridized carbons (Fsp3) is 0.277. The number of rotatable bonds is 15. The van der Waals surface area contributed by atoms with Crippen LogP contribution < -0.4 is 0 Å². The quantitative estimate of drug-likeness (QED) is 0.0966. The van der Waals surface area contributed by atoms with Crippen molar-refractivity contribution in [3.63, 3.8) is 0 Å². The Labute approximate surface area is 339 Å². The average molecular weight is 797 g/mol. The van der Waals surface area contributed by atoms with E-state index in [1.807, 2.05) is 45.3 Å². The molecule has 0 saturated carbocycles. The molecule has 0 N–H and O–H groups in total. The number of benzene rings is 3. The van der Waals surface area contributed by atoms with Gasteiger partial charge in [0.25, 0.3) is 0 Å². The third-order valence-electron chi connectivity index (χ3n) is 11.1. The summed E-state index contributed by atoms with van der Waals surface area (Å²) in [5.74, 6) is 0. The Kier molecular flexibility index (Phi) is 10.5. The highest BCUT2D eigenvalue weighted by atomic mass is 32.1. The second-order valence-corrected chi connectivity index (χ2v) is 19.0. The third-order valence-corrected chi connectivity index (χ3v) is 16.2. The molecule has 7 heteroatoms. The van der Waals surface area contributed by atoms with Gasteiger partial charge in [0.1, 0.15) is 11.0 Å². The molecule has 0 aliphatic heterocycles. The van der Waals surface area contributed by atoms with Crippen LogP contribution >= 0.6 is 57.1 Å². The second-order valence-electron chi connectivity index (χ2n) is 14.5. The van der Waals surface area contributed by atoms with Crippen LogP contribution in [0.3, 0.4) is 0 Å². The first-order chi connectivity index (χ1) is 26.7. The summed E-state index contributed by atoms with van der Waals surface area (Å²) in [5.41, 5.74) is 12.6. The Morgan fingerprint density at radius 2 is 1.19 bits per heavy atom. The molecule has 0 radical (unpaired) electrons. The van der Waals surface area contributed by atoms with Crippen molar-refractivity contribution in [2.75, 3.05) is 0 Å². The molecule has 0 atom stereocenters. The van der Waals surface area contributed by atoms with Crippen LogP contribution in [0.4, 0.5) is 0 Å². The van der Waals surface area contributed by atoms with Crippen molar-refractivity contribution in [2.45, 2.75) is 83.5 Å². The molecule has 3 aromatic carbocycles. The summed E-state index contributed by atoms with van der Waals surface area (Å²) in [6.07, 6.45) is 12.4. The minimum Gasteiger partial charge on any atom is -0.172 e. The van der Waals surface area contributed by atoms with Gasteiger partial charge in [0, 0.05) is 35.5 Å². The van der Waals surface area contributed by atoms with Gasteiger partial charge in [-0.3, -0.25) is 0 Å². The standard InChI is InChI=1S/C47H44N2S5/c1-3-5-7-11-17-31-27-39(51-30-31)35-23-24-36(43-42(35)48-54-49-43)40-28-32(18-12-8-6-4-2)44(52-40)41-29-38-46(53-41)45-37(25-26-50-45)47(38,33-19-13-9-14-20-33)34-21-15-10-16-22-34/h9-10,13-16,19-30H,3-8,11-12,17-18H2,1-2H3. The van der Waals surface area contributed by atoms with Gasteiger partial charge in [-0.15, -0.1) is 45.3 Å². The van der Waals surface area contributed by atoms with Gasteiger partial charge in [-0.05, 0) is 94.1 Å². The first-order valence-corrected chi connectivity index (χ1v) is 23.6. The van der Waals surface area contributed by atoms with Crippen molar-refractivity contribution >= 4 is 68.1 Å². The molecule has 272 valence electrons.